The van der Waals surface area contributed by atoms with Gasteiger partial charge in [-0.25, -0.2) is 9.67 Å². The van der Waals surface area contributed by atoms with Crippen LogP contribution in [0, 0.1) is 6.92 Å². The summed E-state index contributed by atoms with van der Waals surface area (Å²) in [5.74, 6) is 2.29. The number of carbonyl (C=O) groups excluding carboxylic acids is 1. The second-order valence-corrected chi connectivity index (χ2v) is 8.47. The van der Waals surface area contributed by atoms with E-state index in [0.29, 0.717) is 5.01 Å². The van der Waals surface area contributed by atoms with Crippen LogP contribution in [0.25, 0.3) is 15.9 Å². The number of amides is 1. The van der Waals surface area contributed by atoms with Gasteiger partial charge in [0, 0.05) is 17.1 Å². The normalized spacial score (nSPS) is 13.1. The number of thiazole rings is 1. The highest BCUT2D eigenvalue weighted by atomic mass is 32.2. The monoisotopic (exact) mass is 392 g/mol. The Hall–Kier alpha value is -2.64. The molecular formula is C20H16N4OS2. The molecule has 4 aromatic rings. The first-order chi connectivity index (χ1) is 13.2. The van der Waals surface area contributed by atoms with Crippen molar-refractivity contribution in [2.24, 2.45) is 0 Å². The van der Waals surface area contributed by atoms with E-state index in [4.69, 9.17) is 5.10 Å². The van der Waals surface area contributed by atoms with Crippen molar-refractivity contribution in [1.82, 2.24) is 14.8 Å². The molecule has 0 fully saturated rings. The van der Waals surface area contributed by atoms with Crippen LogP contribution in [0.4, 0.5) is 5.82 Å². The van der Waals surface area contributed by atoms with Crippen molar-refractivity contribution in [2.75, 3.05) is 5.32 Å². The topological polar surface area (TPSA) is 59.8 Å². The molecule has 27 heavy (non-hydrogen) atoms. The molecule has 2 aromatic heterocycles. The standard InChI is InChI=1S/C20H16N4OS2/c1-12-6-8-13(9-7-12)24-18(14-10-26-11-16(14)23-24)22-19(25)20-21-15-4-2-3-5-17(15)27-20/h2-9H,10-11H2,1H3,(H,22,25). The number of hydrogen-bond donors (Lipinski definition) is 1. The molecule has 0 radical (unpaired) electrons. The molecule has 1 N–H and O–H groups in total. The smallest absolute Gasteiger partial charge is 0.285 e. The van der Waals surface area contributed by atoms with Gasteiger partial charge in [-0.15, -0.1) is 11.3 Å². The highest BCUT2D eigenvalue weighted by Gasteiger charge is 2.25. The van der Waals surface area contributed by atoms with E-state index in [2.05, 4.69) is 29.4 Å². The SMILES string of the molecule is Cc1ccc(-n2nc3c(c2NC(=O)c2nc4ccccc4s2)CSC3)cc1. The van der Waals surface area contributed by atoms with Crippen LogP contribution in [0.2, 0.25) is 0 Å². The van der Waals surface area contributed by atoms with Gasteiger partial charge in [-0.1, -0.05) is 29.8 Å². The molecule has 1 aliphatic heterocycles. The molecule has 2 aromatic carbocycles. The summed E-state index contributed by atoms with van der Waals surface area (Å²) in [7, 11) is 0. The van der Waals surface area contributed by atoms with Gasteiger partial charge in [-0.05, 0) is 31.2 Å². The predicted molar refractivity (Wildman–Crippen MR) is 111 cm³/mol. The lowest BCUT2D eigenvalue weighted by atomic mass is 10.2. The Morgan fingerprint density at radius 2 is 1.93 bits per heavy atom. The molecule has 1 amide bonds. The average molecular weight is 393 g/mol. The molecule has 0 saturated carbocycles. The third kappa shape index (κ3) is 2.93. The lowest BCUT2D eigenvalue weighted by Gasteiger charge is -2.10. The van der Waals surface area contributed by atoms with Crippen molar-refractivity contribution >= 4 is 45.0 Å². The summed E-state index contributed by atoms with van der Waals surface area (Å²) >= 11 is 3.22. The van der Waals surface area contributed by atoms with Crippen LogP contribution in [0.3, 0.4) is 0 Å². The summed E-state index contributed by atoms with van der Waals surface area (Å²) in [5, 5.41) is 8.29. The number of thioether (sulfide) groups is 1. The minimum atomic E-state index is -0.191. The molecular weight excluding hydrogens is 376 g/mol. The van der Waals surface area contributed by atoms with Crippen LogP contribution in [0.5, 0.6) is 0 Å². The first-order valence-corrected chi connectivity index (χ1v) is 10.6. The zero-order valence-corrected chi connectivity index (χ0v) is 16.2. The number of hydrogen-bond acceptors (Lipinski definition) is 5. The number of rotatable bonds is 3. The van der Waals surface area contributed by atoms with Gasteiger partial charge in [-0.3, -0.25) is 4.79 Å². The molecule has 0 aliphatic carbocycles. The van der Waals surface area contributed by atoms with Crippen LogP contribution in [-0.2, 0) is 11.5 Å². The van der Waals surface area contributed by atoms with Gasteiger partial charge in [-0.2, -0.15) is 16.9 Å². The predicted octanol–water partition coefficient (Wildman–Crippen LogP) is 4.79. The van der Waals surface area contributed by atoms with Gasteiger partial charge < -0.3 is 5.32 Å². The highest BCUT2D eigenvalue weighted by molar-refractivity contribution is 7.98. The van der Waals surface area contributed by atoms with Crippen molar-refractivity contribution in [3.05, 3.63) is 70.4 Å². The maximum absolute atomic E-state index is 12.9. The fourth-order valence-corrected chi connectivity index (χ4v) is 5.04. The number of carbonyl (C=O) groups is 1. The van der Waals surface area contributed by atoms with Gasteiger partial charge in [0.15, 0.2) is 5.01 Å². The molecule has 0 saturated heterocycles. The van der Waals surface area contributed by atoms with Crippen LogP contribution >= 0.6 is 23.1 Å². The third-order valence-electron chi connectivity index (χ3n) is 4.55. The molecule has 5 nitrogen and oxygen atoms in total. The summed E-state index contributed by atoms with van der Waals surface area (Å²) in [4.78, 5) is 17.4. The van der Waals surface area contributed by atoms with E-state index in [1.807, 2.05) is 52.8 Å². The van der Waals surface area contributed by atoms with Crippen LogP contribution in [-0.4, -0.2) is 20.7 Å². The molecule has 134 valence electrons. The van der Waals surface area contributed by atoms with Crippen LogP contribution in [0.1, 0.15) is 26.6 Å². The number of aromatic nitrogens is 3. The van der Waals surface area contributed by atoms with E-state index in [0.717, 1.165) is 44.5 Å². The van der Waals surface area contributed by atoms with E-state index in [-0.39, 0.29) is 5.91 Å². The minimum absolute atomic E-state index is 0.191. The Balaban J connectivity index is 1.54. The van der Waals surface area contributed by atoms with E-state index in [9.17, 15) is 4.79 Å². The lowest BCUT2D eigenvalue weighted by molar-refractivity contribution is 0.102. The Bertz CT molecular complexity index is 1130. The van der Waals surface area contributed by atoms with Gasteiger partial charge in [0.2, 0.25) is 0 Å². The largest absolute Gasteiger partial charge is 0.304 e. The van der Waals surface area contributed by atoms with Gasteiger partial charge >= 0.3 is 0 Å². The number of nitrogens with one attached hydrogen (secondary N) is 1. The molecule has 1 aliphatic rings. The van der Waals surface area contributed by atoms with Gasteiger partial charge in [0.1, 0.15) is 5.82 Å². The number of fused-ring (bicyclic) bond motifs is 2. The first-order valence-electron chi connectivity index (χ1n) is 8.61. The Labute approximate surface area is 164 Å². The van der Waals surface area contributed by atoms with Gasteiger partial charge in [0.05, 0.1) is 21.6 Å². The molecule has 0 spiro atoms. The molecule has 0 atom stereocenters. The van der Waals surface area contributed by atoms with E-state index in [1.54, 1.807) is 0 Å². The fourth-order valence-electron chi connectivity index (χ4n) is 3.14. The summed E-state index contributed by atoms with van der Waals surface area (Å²) in [6.45, 7) is 2.05. The molecule has 7 heteroatoms. The fraction of sp³-hybridized carbons (Fsp3) is 0.150. The Kier molecular flexibility index (Phi) is 3.98. The van der Waals surface area contributed by atoms with Gasteiger partial charge in [0.25, 0.3) is 5.91 Å². The number of para-hydroxylation sites is 1. The maximum atomic E-state index is 12.9. The summed E-state index contributed by atoms with van der Waals surface area (Å²) in [5.41, 5.74) is 5.13. The van der Waals surface area contributed by atoms with Crippen molar-refractivity contribution in [3.8, 4) is 5.69 Å². The quantitative estimate of drug-likeness (QED) is 0.545. The van der Waals surface area contributed by atoms with Crippen LogP contribution < -0.4 is 5.32 Å². The zero-order valence-electron chi connectivity index (χ0n) is 14.6. The second kappa shape index (κ2) is 6.51. The molecule has 3 heterocycles. The summed E-state index contributed by atoms with van der Waals surface area (Å²) in [6.07, 6.45) is 0. The average Bonchev–Trinajstić information content (AvgIpc) is 3.37. The first kappa shape index (κ1) is 16.5. The van der Waals surface area contributed by atoms with Crippen molar-refractivity contribution < 1.29 is 4.79 Å². The summed E-state index contributed by atoms with van der Waals surface area (Å²) in [6, 6.07) is 15.9. The summed E-state index contributed by atoms with van der Waals surface area (Å²) < 4.78 is 2.85. The molecule has 0 bridgehead atoms. The number of aryl methyl sites for hydroxylation is 1. The molecule has 0 unspecified atom stereocenters. The van der Waals surface area contributed by atoms with E-state index < -0.39 is 0 Å². The Morgan fingerprint density at radius 1 is 1.11 bits per heavy atom. The van der Waals surface area contributed by atoms with Crippen molar-refractivity contribution in [1.29, 1.82) is 0 Å². The molecule has 5 rings (SSSR count). The number of anilines is 1. The zero-order chi connectivity index (χ0) is 18.4. The highest BCUT2D eigenvalue weighted by Crippen LogP contribution is 2.36. The Morgan fingerprint density at radius 3 is 2.74 bits per heavy atom. The second-order valence-electron chi connectivity index (χ2n) is 6.45. The number of benzene rings is 2. The lowest BCUT2D eigenvalue weighted by Crippen LogP contribution is -2.16. The van der Waals surface area contributed by atoms with Crippen LogP contribution in [0.15, 0.2) is 48.5 Å². The third-order valence-corrected chi connectivity index (χ3v) is 6.56. The van der Waals surface area contributed by atoms with Crippen molar-refractivity contribution in [2.45, 2.75) is 18.4 Å². The number of nitrogens with zero attached hydrogens (tertiary/aromatic N) is 3. The minimum Gasteiger partial charge on any atom is -0.304 e. The van der Waals surface area contributed by atoms with E-state index >= 15 is 0 Å². The van der Waals surface area contributed by atoms with E-state index in [1.165, 1.54) is 16.9 Å². The van der Waals surface area contributed by atoms with Crippen molar-refractivity contribution in [3.63, 3.8) is 0 Å². The maximum Gasteiger partial charge on any atom is 0.285 e.